The Labute approximate surface area is 128 Å². The summed E-state index contributed by atoms with van der Waals surface area (Å²) in [4.78, 5) is 24.6. The number of anilines is 1. The van der Waals surface area contributed by atoms with Crippen molar-refractivity contribution in [3.63, 3.8) is 0 Å². The Morgan fingerprint density at radius 3 is 2.67 bits per heavy atom. The molecule has 116 valence electrons. The SMILES string of the molecule is CSCCC(C)N(C)C(=O)Nc1ccc(O)c(C(=O)O)c1. The van der Waals surface area contributed by atoms with Gasteiger partial charge in [-0.25, -0.2) is 9.59 Å². The molecule has 6 nitrogen and oxygen atoms in total. The predicted molar refractivity (Wildman–Crippen MR) is 84.3 cm³/mol. The zero-order chi connectivity index (χ0) is 16.0. The molecule has 2 amide bonds. The van der Waals surface area contributed by atoms with Gasteiger partial charge < -0.3 is 20.4 Å². The number of thioether (sulfide) groups is 1. The number of carbonyl (C=O) groups is 2. The fourth-order valence-electron chi connectivity index (χ4n) is 1.68. The highest BCUT2D eigenvalue weighted by Crippen LogP contribution is 2.21. The molecule has 0 aliphatic carbocycles. The van der Waals surface area contributed by atoms with Crippen molar-refractivity contribution in [3.8, 4) is 5.75 Å². The molecule has 0 aliphatic rings. The van der Waals surface area contributed by atoms with Crippen molar-refractivity contribution >= 4 is 29.4 Å². The Bertz CT molecular complexity index is 522. The Morgan fingerprint density at radius 1 is 1.43 bits per heavy atom. The number of aromatic hydroxyl groups is 1. The second kappa shape index (κ2) is 7.78. The zero-order valence-electron chi connectivity index (χ0n) is 12.3. The number of hydrogen-bond acceptors (Lipinski definition) is 4. The maximum absolute atomic E-state index is 12.1. The number of hydrogen-bond donors (Lipinski definition) is 3. The van der Waals surface area contributed by atoms with Gasteiger partial charge in [-0.15, -0.1) is 0 Å². The van der Waals surface area contributed by atoms with Crippen molar-refractivity contribution in [2.45, 2.75) is 19.4 Å². The van der Waals surface area contributed by atoms with Gasteiger partial charge in [-0.05, 0) is 43.6 Å². The number of amides is 2. The fraction of sp³-hybridized carbons (Fsp3) is 0.429. The third-order valence-electron chi connectivity index (χ3n) is 3.20. The van der Waals surface area contributed by atoms with Crippen LogP contribution in [0.4, 0.5) is 10.5 Å². The summed E-state index contributed by atoms with van der Waals surface area (Å²) in [6.45, 7) is 1.95. The zero-order valence-corrected chi connectivity index (χ0v) is 13.1. The van der Waals surface area contributed by atoms with Crippen LogP contribution in [0.3, 0.4) is 0 Å². The molecule has 7 heteroatoms. The van der Waals surface area contributed by atoms with Crippen LogP contribution in [0.2, 0.25) is 0 Å². The topological polar surface area (TPSA) is 89.9 Å². The summed E-state index contributed by atoms with van der Waals surface area (Å²) in [7, 11) is 1.69. The van der Waals surface area contributed by atoms with Gasteiger partial charge in [0.1, 0.15) is 11.3 Å². The number of carbonyl (C=O) groups excluding carboxylic acids is 1. The highest BCUT2D eigenvalue weighted by molar-refractivity contribution is 7.98. The summed E-state index contributed by atoms with van der Waals surface area (Å²) in [6, 6.07) is 3.70. The molecule has 1 aromatic carbocycles. The minimum Gasteiger partial charge on any atom is -0.507 e. The smallest absolute Gasteiger partial charge is 0.339 e. The van der Waals surface area contributed by atoms with Gasteiger partial charge in [0.25, 0.3) is 0 Å². The molecule has 3 N–H and O–H groups in total. The van der Waals surface area contributed by atoms with Gasteiger partial charge in [-0.1, -0.05) is 0 Å². The lowest BCUT2D eigenvalue weighted by atomic mass is 10.2. The van der Waals surface area contributed by atoms with Crippen molar-refractivity contribution in [2.24, 2.45) is 0 Å². The first-order valence-electron chi connectivity index (χ1n) is 6.46. The fourth-order valence-corrected chi connectivity index (χ4v) is 2.26. The van der Waals surface area contributed by atoms with Crippen LogP contribution in [0.15, 0.2) is 18.2 Å². The average Bonchev–Trinajstić information content (AvgIpc) is 2.45. The third kappa shape index (κ3) is 4.86. The standard InChI is InChI=1S/C14H20N2O4S/c1-9(6-7-21-3)16(2)14(20)15-10-4-5-12(17)11(8-10)13(18)19/h4-5,8-9,17H,6-7H2,1-3H3,(H,15,20)(H,18,19). The van der Waals surface area contributed by atoms with Gasteiger partial charge in [0, 0.05) is 18.8 Å². The monoisotopic (exact) mass is 312 g/mol. The Morgan fingerprint density at radius 2 is 2.10 bits per heavy atom. The largest absolute Gasteiger partial charge is 0.507 e. The van der Waals surface area contributed by atoms with Crippen molar-refractivity contribution in [2.75, 3.05) is 24.4 Å². The van der Waals surface area contributed by atoms with Crippen LogP contribution in [0.5, 0.6) is 5.75 Å². The minimum absolute atomic E-state index is 0.0773. The summed E-state index contributed by atoms with van der Waals surface area (Å²) in [5.74, 6) is -0.617. The number of rotatable bonds is 6. The highest BCUT2D eigenvalue weighted by atomic mass is 32.2. The van der Waals surface area contributed by atoms with Crippen molar-refractivity contribution in [1.29, 1.82) is 0 Å². The Hall–Kier alpha value is -1.89. The van der Waals surface area contributed by atoms with E-state index in [2.05, 4.69) is 5.32 Å². The second-order valence-corrected chi connectivity index (χ2v) is 5.69. The maximum atomic E-state index is 12.1. The van der Waals surface area contributed by atoms with E-state index in [9.17, 15) is 14.7 Å². The summed E-state index contributed by atoms with van der Waals surface area (Å²) in [6.07, 6.45) is 2.89. The van der Waals surface area contributed by atoms with Crippen LogP contribution < -0.4 is 5.32 Å². The van der Waals surface area contributed by atoms with Gasteiger partial charge in [-0.2, -0.15) is 11.8 Å². The first-order valence-corrected chi connectivity index (χ1v) is 7.85. The minimum atomic E-state index is -1.25. The van der Waals surface area contributed by atoms with Gasteiger partial charge in [0.05, 0.1) is 0 Å². The van der Waals surface area contributed by atoms with Gasteiger partial charge >= 0.3 is 12.0 Å². The van der Waals surface area contributed by atoms with Crippen molar-refractivity contribution < 1.29 is 19.8 Å². The van der Waals surface area contributed by atoms with Crippen molar-refractivity contribution in [1.82, 2.24) is 4.90 Å². The lowest BCUT2D eigenvalue weighted by molar-refractivity contribution is 0.0693. The number of phenols is 1. The molecule has 0 radical (unpaired) electrons. The first kappa shape index (κ1) is 17.2. The normalized spacial score (nSPS) is 11.8. The van der Waals surface area contributed by atoms with E-state index in [0.717, 1.165) is 12.2 Å². The number of aromatic carboxylic acids is 1. The Balaban J connectivity index is 2.74. The number of urea groups is 1. The van der Waals surface area contributed by atoms with E-state index < -0.39 is 5.97 Å². The summed E-state index contributed by atoms with van der Waals surface area (Å²) < 4.78 is 0. The molecule has 0 spiro atoms. The molecule has 0 bridgehead atoms. The summed E-state index contributed by atoms with van der Waals surface area (Å²) >= 11 is 1.72. The predicted octanol–water partition coefficient (Wildman–Crippen LogP) is 2.70. The molecule has 1 rings (SSSR count). The van der Waals surface area contributed by atoms with E-state index in [1.165, 1.54) is 18.2 Å². The maximum Gasteiger partial charge on any atom is 0.339 e. The molecule has 1 aromatic rings. The number of nitrogens with one attached hydrogen (secondary N) is 1. The molecular formula is C14H20N2O4S. The summed E-state index contributed by atoms with van der Waals surface area (Å²) in [5.41, 5.74) is 0.0880. The number of carboxylic acid groups (broad SMARTS) is 1. The molecule has 0 aromatic heterocycles. The first-order chi connectivity index (χ1) is 9.86. The van der Waals surface area contributed by atoms with E-state index in [-0.39, 0.29) is 23.4 Å². The quantitative estimate of drug-likeness (QED) is 0.703. The molecular weight excluding hydrogens is 292 g/mol. The van der Waals surface area contributed by atoms with Crippen LogP contribution in [-0.4, -0.2) is 52.2 Å². The van der Waals surface area contributed by atoms with E-state index in [4.69, 9.17) is 5.11 Å². The van der Waals surface area contributed by atoms with Crippen LogP contribution in [0.1, 0.15) is 23.7 Å². The molecule has 0 saturated heterocycles. The van der Waals surface area contributed by atoms with E-state index in [0.29, 0.717) is 5.69 Å². The molecule has 0 saturated carbocycles. The van der Waals surface area contributed by atoms with Gasteiger partial charge in [-0.3, -0.25) is 0 Å². The van der Waals surface area contributed by atoms with Gasteiger partial charge in [0.15, 0.2) is 0 Å². The second-order valence-electron chi connectivity index (χ2n) is 4.71. The van der Waals surface area contributed by atoms with E-state index in [1.54, 1.807) is 23.7 Å². The van der Waals surface area contributed by atoms with Crippen LogP contribution in [0, 0.1) is 0 Å². The molecule has 0 heterocycles. The van der Waals surface area contributed by atoms with E-state index >= 15 is 0 Å². The molecule has 0 fully saturated rings. The average molecular weight is 312 g/mol. The Kier molecular flexibility index (Phi) is 6.36. The summed E-state index contributed by atoms with van der Waals surface area (Å²) in [5, 5.41) is 21.0. The number of benzene rings is 1. The third-order valence-corrected chi connectivity index (χ3v) is 3.84. The number of carboxylic acids is 1. The molecule has 1 unspecified atom stereocenters. The molecule has 1 atom stereocenters. The molecule has 21 heavy (non-hydrogen) atoms. The van der Waals surface area contributed by atoms with Gasteiger partial charge in [0.2, 0.25) is 0 Å². The highest BCUT2D eigenvalue weighted by Gasteiger charge is 2.17. The van der Waals surface area contributed by atoms with Crippen LogP contribution in [-0.2, 0) is 0 Å². The lowest BCUT2D eigenvalue weighted by Crippen LogP contribution is -2.38. The van der Waals surface area contributed by atoms with Crippen LogP contribution in [0.25, 0.3) is 0 Å². The van der Waals surface area contributed by atoms with E-state index in [1.807, 2.05) is 13.2 Å². The van der Waals surface area contributed by atoms with Crippen molar-refractivity contribution in [3.05, 3.63) is 23.8 Å². The lowest BCUT2D eigenvalue weighted by Gasteiger charge is -2.25. The molecule has 0 aliphatic heterocycles. The number of nitrogens with zero attached hydrogens (tertiary/aromatic N) is 1. The van der Waals surface area contributed by atoms with Crippen LogP contribution >= 0.6 is 11.8 Å².